The van der Waals surface area contributed by atoms with Crippen LogP contribution in [0.5, 0.6) is 0 Å². The van der Waals surface area contributed by atoms with Gasteiger partial charge in [0.05, 0.1) is 5.92 Å². The van der Waals surface area contributed by atoms with Gasteiger partial charge in [0.1, 0.15) is 0 Å². The highest BCUT2D eigenvalue weighted by Gasteiger charge is 2.30. The Balaban J connectivity index is 2.57. The smallest absolute Gasteiger partial charge is 0.315 e. The minimum atomic E-state index is -0.826. The highest BCUT2D eigenvalue weighted by atomic mass is 16.4. The Labute approximate surface area is 120 Å². The maximum atomic E-state index is 12.0. The number of hydrogen-bond acceptors (Lipinski definition) is 2. The summed E-state index contributed by atoms with van der Waals surface area (Å²) in [5.74, 6) is 1.21. The summed E-state index contributed by atoms with van der Waals surface area (Å²) in [6.45, 7) is 1.95. The first-order valence-corrected chi connectivity index (χ1v) is 7.31. The quantitative estimate of drug-likeness (QED) is 0.533. The third kappa shape index (κ3) is 5.12. The number of terminal acetylenes is 1. The summed E-state index contributed by atoms with van der Waals surface area (Å²) in [6, 6.07) is -0.669. The SMILES string of the molecule is C#CCC(CC)NC(=O)NC1CCCCCC1C(=O)O. The molecular weight excluding hydrogens is 256 g/mol. The van der Waals surface area contributed by atoms with E-state index in [0.717, 1.165) is 32.1 Å². The van der Waals surface area contributed by atoms with Crippen LogP contribution in [0.4, 0.5) is 4.79 Å². The van der Waals surface area contributed by atoms with Gasteiger partial charge < -0.3 is 15.7 Å². The van der Waals surface area contributed by atoms with Crippen molar-refractivity contribution in [3.63, 3.8) is 0 Å². The summed E-state index contributed by atoms with van der Waals surface area (Å²) >= 11 is 0. The molecule has 0 aromatic carbocycles. The average molecular weight is 280 g/mol. The molecule has 3 N–H and O–H groups in total. The van der Waals surface area contributed by atoms with Crippen molar-refractivity contribution in [2.24, 2.45) is 5.92 Å². The lowest BCUT2D eigenvalue weighted by Crippen LogP contribution is -2.49. The molecule has 3 atom stereocenters. The second-order valence-electron chi connectivity index (χ2n) is 5.32. The molecule has 0 aliphatic heterocycles. The van der Waals surface area contributed by atoms with E-state index in [1.165, 1.54) is 0 Å². The van der Waals surface area contributed by atoms with Gasteiger partial charge in [0.2, 0.25) is 0 Å². The van der Waals surface area contributed by atoms with E-state index in [4.69, 9.17) is 6.42 Å². The van der Waals surface area contributed by atoms with E-state index in [1.54, 1.807) is 0 Å². The van der Waals surface area contributed by atoms with E-state index < -0.39 is 11.9 Å². The molecule has 1 rings (SSSR count). The lowest BCUT2D eigenvalue weighted by Gasteiger charge is -2.24. The fraction of sp³-hybridized carbons (Fsp3) is 0.733. The van der Waals surface area contributed by atoms with Crippen LogP contribution >= 0.6 is 0 Å². The van der Waals surface area contributed by atoms with Crippen LogP contribution in [0, 0.1) is 18.3 Å². The van der Waals surface area contributed by atoms with Crippen LogP contribution in [-0.4, -0.2) is 29.2 Å². The summed E-state index contributed by atoms with van der Waals surface area (Å²) in [7, 11) is 0. The van der Waals surface area contributed by atoms with Crippen molar-refractivity contribution in [3.8, 4) is 12.3 Å². The number of carboxylic acids is 1. The second-order valence-corrected chi connectivity index (χ2v) is 5.32. The zero-order chi connectivity index (χ0) is 15.0. The van der Waals surface area contributed by atoms with E-state index in [9.17, 15) is 14.7 Å². The average Bonchev–Trinajstić information content (AvgIpc) is 2.63. The second kappa shape index (κ2) is 8.47. The van der Waals surface area contributed by atoms with E-state index in [0.29, 0.717) is 12.8 Å². The van der Waals surface area contributed by atoms with Gasteiger partial charge in [-0.3, -0.25) is 4.79 Å². The first-order chi connectivity index (χ1) is 9.58. The van der Waals surface area contributed by atoms with Crippen molar-refractivity contribution in [3.05, 3.63) is 0 Å². The maximum absolute atomic E-state index is 12.0. The van der Waals surface area contributed by atoms with Gasteiger partial charge in [-0.15, -0.1) is 12.3 Å². The Morgan fingerprint density at radius 3 is 2.65 bits per heavy atom. The Kier molecular flexibility index (Phi) is 6.92. The molecule has 2 amide bonds. The van der Waals surface area contributed by atoms with Crippen molar-refractivity contribution in [2.45, 2.75) is 64.0 Å². The lowest BCUT2D eigenvalue weighted by molar-refractivity contribution is -0.142. The van der Waals surface area contributed by atoms with Gasteiger partial charge in [0.25, 0.3) is 0 Å². The molecule has 0 aromatic rings. The van der Waals surface area contributed by atoms with Crippen molar-refractivity contribution >= 4 is 12.0 Å². The summed E-state index contributed by atoms with van der Waals surface area (Å²) in [5.41, 5.74) is 0. The highest BCUT2D eigenvalue weighted by Crippen LogP contribution is 2.23. The van der Waals surface area contributed by atoms with Gasteiger partial charge in [0, 0.05) is 18.5 Å². The van der Waals surface area contributed by atoms with Gasteiger partial charge in [0.15, 0.2) is 0 Å². The molecule has 1 saturated carbocycles. The molecule has 0 saturated heterocycles. The number of hydrogen-bond donors (Lipinski definition) is 3. The van der Waals surface area contributed by atoms with Crippen LogP contribution in [-0.2, 0) is 4.79 Å². The fourth-order valence-corrected chi connectivity index (χ4v) is 2.61. The molecule has 5 nitrogen and oxygen atoms in total. The monoisotopic (exact) mass is 280 g/mol. The maximum Gasteiger partial charge on any atom is 0.315 e. The fourth-order valence-electron chi connectivity index (χ4n) is 2.61. The number of rotatable bonds is 5. The van der Waals surface area contributed by atoms with Gasteiger partial charge >= 0.3 is 12.0 Å². The number of carbonyl (C=O) groups excluding carboxylic acids is 1. The summed E-state index contributed by atoms with van der Waals surface area (Å²) in [6.07, 6.45) is 10.7. The van der Waals surface area contributed by atoms with Crippen LogP contribution in [0.1, 0.15) is 51.9 Å². The van der Waals surface area contributed by atoms with Crippen LogP contribution in [0.3, 0.4) is 0 Å². The zero-order valence-electron chi connectivity index (χ0n) is 12.0. The van der Waals surface area contributed by atoms with Gasteiger partial charge in [-0.05, 0) is 19.3 Å². The predicted molar refractivity (Wildman–Crippen MR) is 77.2 cm³/mol. The molecule has 0 heterocycles. The first-order valence-electron chi connectivity index (χ1n) is 7.31. The number of amides is 2. The van der Waals surface area contributed by atoms with Crippen molar-refractivity contribution in [1.82, 2.24) is 10.6 Å². The molecular formula is C15H24N2O3. The number of nitrogens with one attached hydrogen (secondary N) is 2. The van der Waals surface area contributed by atoms with Gasteiger partial charge in [-0.25, -0.2) is 4.79 Å². The largest absolute Gasteiger partial charge is 0.481 e. The Hall–Kier alpha value is -1.70. The zero-order valence-corrected chi connectivity index (χ0v) is 12.0. The molecule has 5 heteroatoms. The molecule has 0 bridgehead atoms. The number of aliphatic carboxylic acids is 1. The minimum absolute atomic E-state index is 0.0611. The van der Waals surface area contributed by atoms with Crippen molar-refractivity contribution < 1.29 is 14.7 Å². The third-order valence-electron chi connectivity index (χ3n) is 3.84. The van der Waals surface area contributed by atoms with Crippen LogP contribution in [0.2, 0.25) is 0 Å². The summed E-state index contributed by atoms with van der Waals surface area (Å²) in [4.78, 5) is 23.2. The van der Waals surface area contributed by atoms with Gasteiger partial charge in [-0.1, -0.05) is 26.2 Å². The minimum Gasteiger partial charge on any atom is -0.481 e. The Bertz CT molecular complexity index is 376. The molecule has 0 radical (unpaired) electrons. The number of carboxylic acid groups (broad SMARTS) is 1. The topological polar surface area (TPSA) is 78.4 Å². The Morgan fingerprint density at radius 2 is 2.05 bits per heavy atom. The highest BCUT2D eigenvalue weighted by molar-refractivity contribution is 5.77. The standard InChI is InChI=1S/C15H24N2O3/c1-3-8-11(4-2)16-15(20)17-13-10-7-5-6-9-12(13)14(18)19/h1,11-13H,4-10H2,2H3,(H,18,19)(H2,16,17,20). The molecule has 0 aromatic heterocycles. The molecule has 0 spiro atoms. The van der Waals surface area contributed by atoms with Gasteiger partial charge in [-0.2, -0.15) is 0 Å². The third-order valence-corrected chi connectivity index (χ3v) is 3.84. The number of carbonyl (C=O) groups is 2. The lowest BCUT2D eigenvalue weighted by atomic mass is 9.95. The molecule has 20 heavy (non-hydrogen) atoms. The van der Waals surface area contributed by atoms with Crippen molar-refractivity contribution in [2.75, 3.05) is 0 Å². The molecule has 1 fully saturated rings. The van der Waals surface area contributed by atoms with E-state index in [2.05, 4.69) is 16.6 Å². The molecule has 112 valence electrons. The predicted octanol–water partition coefficient (Wildman–Crippen LogP) is 2.12. The van der Waals surface area contributed by atoms with E-state index in [-0.39, 0.29) is 18.1 Å². The molecule has 3 unspecified atom stereocenters. The molecule has 1 aliphatic rings. The summed E-state index contributed by atoms with van der Waals surface area (Å²) < 4.78 is 0. The van der Waals surface area contributed by atoms with Crippen LogP contribution in [0.25, 0.3) is 0 Å². The summed E-state index contributed by atoms with van der Waals surface area (Å²) in [5, 5.41) is 14.9. The first kappa shape index (κ1) is 16.4. The molecule has 1 aliphatic carbocycles. The van der Waals surface area contributed by atoms with Crippen LogP contribution in [0.15, 0.2) is 0 Å². The number of urea groups is 1. The van der Waals surface area contributed by atoms with E-state index >= 15 is 0 Å². The normalized spacial score (nSPS) is 24.0. The van der Waals surface area contributed by atoms with Crippen LogP contribution < -0.4 is 10.6 Å². The Morgan fingerprint density at radius 1 is 1.35 bits per heavy atom. The van der Waals surface area contributed by atoms with Crippen molar-refractivity contribution in [1.29, 1.82) is 0 Å². The van der Waals surface area contributed by atoms with E-state index in [1.807, 2.05) is 6.92 Å².